The molecule has 0 unspecified atom stereocenters. The van der Waals surface area contributed by atoms with E-state index in [1.165, 1.54) is 0 Å². The third-order valence-electron chi connectivity index (χ3n) is 2.96. The molecule has 0 radical (unpaired) electrons. The summed E-state index contributed by atoms with van der Waals surface area (Å²) in [5, 5.41) is 8.74. The van der Waals surface area contributed by atoms with E-state index in [4.69, 9.17) is 15.6 Å². The fourth-order valence-electron chi connectivity index (χ4n) is 1.89. The van der Waals surface area contributed by atoms with E-state index < -0.39 is 5.97 Å². The number of hydrogen-bond acceptors (Lipinski definition) is 4. The molecule has 21 heavy (non-hydrogen) atoms. The van der Waals surface area contributed by atoms with Crippen LogP contribution in [0, 0.1) is 0 Å². The first-order valence-corrected chi connectivity index (χ1v) is 7.43. The maximum absolute atomic E-state index is 10.6. The summed E-state index contributed by atoms with van der Waals surface area (Å²) < 4.78 is 5.31. The lowest BCUT2D eigenvalue weighted by Crippen LogP contribution is -1.99. The van der Waals surface area contributed by atoms with Crippen LogP contribution in [0.5, 0.6) is 5.75 Å². The molecular weight excluding hydrogens is 286 g/mol. The summed E-state index contributed by atoms with van der Waals surface area (Å²) in [4.78, 5) is 11.7. The summed E-state index contributed by atoms with van der Waals surface area (Å²) in [5.74, 6) is 0.736. The monoisotopic (exact) mass is 303 g/mol. The predicted molar refractivity (Wildman–Crippen MR) is 84.7 cm³/mol. The molecule has 0 atom stereocenters. The SMILES string of the molecule is COc1cc(N)ccc1SCc1ccc(CC(=O)O)cc1. The van der Waals surface area contributed by atoms with Crippen molar-refractivity contribution in [3.8, 4) is 5.75 Å². The van der Waals surface area contributed by atoms with Gasteiger partial charge in [-0.15, -0.1) is 11.8 Å². The molecular formula is C16H17NO3S. The highest BCUT2D eigenvalue weighted by molar-refractivity contribution is 7.98. The zero-order chi connectivity index (χ0) is 15.2. The Kier molecular flexibility index (Phi) is 5.11. The molecule has 0 saturated heterocycles. The average molecular weight is 303 g/mol. The van der Waals surface area contributed by atoms with Gasteiger partial charge in [0.2, 0.25) is 0 Å². The van der Waals surface area contributed by atoms with Gasteiger partial charge in [-0.2, -0.15) is 0 Å². The van der Waals surface area contributed by atoms with Gasteiger partial charge in [0.05, 0.1) is 13.5 Å². The van der Waals surface area contributed by atoms with Crippen molar-refractivity contribution in [2.45, 2.75) is 17.1 Å². The zero-order valence-electron chi connectivity index (χ0n) is 11.7. The summed E-state index contributed by atoms with van der Waals surface area (Å²) >= 11 is 1.66. The van der Waals surface area contributed by atoms with Gasteiger partial charge in [-0.1, -0.05) is 24.3 Å². The molecule has 2 aromatic rings. The molecule has 4 nitrogen and oxygen atoms in total. The Balaban J connectivity index is 2.01. The van der Waals surface area contributed by atoms with Crippen LogP contribution in [0.4, 0.5) is 5.69 Å². The van der Waals surface area contributed by atoms with Gasteiger partial charge in [0, 0.05) is 22.4 Å². The molecule has 0 aromatic heterocycles. The maximum atomic E-state index is 10.6. The Morgan fingerprint density at radius 2 is 1.86 bits per heavy atom. The van der Waals surface area contributed by atoms with Gasteiger partial charge >= 0.3 is 5.97 Å². The minimum atomic E-state index is -0.816. The quantitative estimate of drug-likeness (QED) is 0.633. The summed E-state index contributed by atoms with van der Waals surface area (Å²) in [7, 11) is 1.62. The Bertz CT molecular complexity index is 626. The van der Waals surface area contributed by atoms with E-state index in [0.29, 0.717) is 5.69 Å². The van der Waals surface area contributed by atoms with Crippen LogP contribution in [0.2, 0.25) is 0 Å². The molecule has 2 aromatic carbocycles. The largest absolute Gasteiger partial charge is 0.496 e. The molecule has 0 fully saturated rings. The highest BCUT2D eigenvalue weighted by atomic mass is 32.2. The number of carboxylic acids is 1. The number of benzene rings is 2. The second-order valence-corrected chi connectivity index (χ2v) is 5.60. The van der Waals surface area contributed by atoms with Crippen molar-refractivity contribution in [3.63, 3.8) is 0 Å². The minimum absolute atomic E-state index is 0.0548. The first-order chi connectivity index (χ1) is 10.1. The van der Waals surface area contributed by atoms with Crippen LogP contribution in [0.3, 0.4) is 0 Å². The van der Waals surface area contributed by atoms with Crippen LogP contribution in [0.15, 0.2) is 47.4 Å². The Morgan fingerprint density at radius 1 is 1.19 bits per heavy atom. The van der Waals surface area contributed by atoms with E-state index in [1.54, 1.807) is 24.9 Å². The van der Waals surface area contributed by atoms with Crippen molar-refractivity contribution in [1.82, 2.24) is 0 Å². The molecule has 0 bridgehead atoms. The number of thioether (sulfide) groups is 1. The van der Waals surface area contributed by atoms with Crippen molar-refractivity contribution < 1.29 is 14.6 Å². The number of anilines is 1. The van der Waals surface area contributed by atoms with Gasteiger partial charge in [-0.05, 0) is 23.3 Å². The Labute approximate surface area is 127 Å². The van der Waals surface area contributed by atoms with Gasteiger partial charge in [0.25, 0.3) is 0 Å². The van der Waals surface area contributed by atoms with Crippen molar-refractivity contribution in [2.75, 3.05) is 12.8 Å². The number of rotatable bonds is 6. The number of carboxylic acid groups (broad SMARTS) is 1. The van der Waals surface area contributed by atoms with E-state index in [-0.39, 0.29) is 6.42 Å². The van der Waals surface area contributed by atoms with Crippen LogP contribution in [-0.4, -0.2) is 18.2 Å². The first kappa shape index (κ1) is 15.3. The topological polar surface area (TPSA) is 72.5 Å². The van der Waals surface area contributed by atoms with E-state index in [1.807, 2.05) is 36.4 Å². The van der Waals surface area contributed by atoms with Crippen LogP contribution in [-0.2, 0) is 17.0 Å². The smallest absolute Gasteiger partial charge is 0.307 e. The molecule has 0 amide bonds. The lowest BCUT2D eigenvalue weighted by Gasteiger charge is -2.09. The number of methoxy groups -OCH3 is 1. The van der Waals surface area contributed by atoms with Gasteiger partial charge in [-0.3, -0.25) is 4.79 Å². The molecule has 5 heteroatoms. The van der Waals surface area contributed by atoms with Crippen LogP contribution < -0.4 is 10.5 Å². The first-order valence-electron chi connectivity index (χ1n) is 6.44. The molecule has 3 N–H and O–H groups in total. The highest BCUT2D eigenvalue weighted by Crippen LogP contribution is 2.33. The van der Waals surface area contributed by atoms with Gasteiger partial charge in [-0.25, -0.2) is 0 Å². The molecule has 0 heterocycles. The predicted octanol–water partition coefficient (Wildman–Crippen LogP) is 3.20. The lowest BCUT2D eigenvalue weighted by atomic mass is 10.1. The van der Waals surface area contributed by atoms with Crippen LogP contribution in [0.25, 0.3) is 0 Å². The fraction of sp³-hybridized carbons (Fsp3) is 0.188. The van der Waals surface area contributed by atoms with E-state index in [2.05, 4.69) is 0 Å². The molecule has 0 saturated carbocycles. The molecule has 0 aliphatic carbocycles. The molecule has 110 valence electrons. The minimum Gasteiger partial charge on any atom is -0.496 e. The second-order valence-electron chi connectivity index (χ2n) is 4.59. The van der Waals surface area contributed by atoms with Crippen molar-refractivity contribution in [2.24, 2.45) is 0 Å². The van der Waals surface area contributed by atoms with E-state index in [9.17, 15) is 4.79 Å². The van der Waals surface area contributed by atoms with Crippen molar-refractivity contribution in [3.05, 3.63) is 53.6 Å². The fourth-order valence-corrected chi connectivity index (χ4v) is 2.86. The number of nitrogens with two attached hydrogens (primary N) is 1. The van der Waals surface area contributed by atoms with Gasteiger partial charge in [0.15, 0.2) is 0 Å². The van der Waals surface area contributed by atoms with Crippen molar-refractivity contribution >= 4 is 23.4 Å². The molecule has 2 rings (SSSR count). The van der Waals surface area contributed by atoms with E-state index in [0.717, 1.165) is 27.5 Å². The number of aliphatic carboxylic acids is 1. The average Bonchev–Trinajstić information content (AvgIpc) is 2.46. The summed E-state index contributed by atoms with van der Waals surface area (Å²) in [6, 6.07) is 13.2. The Morgan fingerprint density at radius 3 is 2.48 bits per heavy atom. The van der Waals surface area contributed by atoms with Gasteiger partial charge in [0.1, 0.15) is 5.75 Å². The number of nitrogen functional groups attached to an aromatic ring is 1. The van der Waals surface area contributed by atoms with E-state index >= 15 is 0 Å². The normalized spacial score (nSPS) is 10.3. The summed E-state index contributed by atoms with van der Waals surface area (Å²) in [6.45, 7) is 0. The molecule has 0 aliphatic heterocycles. The summed E-state index contributed by atoms with van der Waals surface area (Å²) in [5.41, 5.74) is 8.34. The van der Waals surface area contributed by atoms with Crippen LogP contribution >= 0.6 is 11.8 Å². The third kappa shape index (κ3) is 4.43. The highest BCUT2D eigenvalue weighted by Gasteiger charge is 2.05. The lowest BCUT2D eigenvalue weighted by molar-refractivity contribution is -0.136. The second kappa shape index (κ2) is 7.04. The number of hydrogen-bond donors (Lipinski definition) is 2. The third-order valence-corrected chi connectivity index (χ3v) is 4.09. The Hall–Kier alpha value is -2.14. The molecule has 0 aliphatic rings. The number of ether oxygens (including phenoxy) is 1. The maximum Gasteiger partial charge on any atom is 0.307 e. The van der Waals surface area contributed by atoms with Crippen LogP contribution in [0.1, 0.15) is 11.1 Å². The van der Waals surface area contributed by atoms with Crippen molar-refractivity contribution in [1.29, 1.82) is 0 Å². The number of carbonyl (C=O) groups is 1. The zero-order valence-corrected chi connectivity index (χ0v) is 12.5. The molecule has 0 spiro atoms. The summed E-state index contributed by atoms with van der Waals surface area (Å²) in [6.07, 6.45) is 0.0548. The standard InChI is InChI=1S/C16H17NO3S/c1-20-14-9-13(17)6-7-15(14)21-10-12-4-2-11(3-5-12)8-16(18)19/h2-7,9H,8,10,17H2,1H3,(H,18,19). The van der Waals surface area contributed by atoms with Gasteiger partial charge < -0.3 is 15.6 Å².